The normalized spacial score (nSPS) is 11.2. The van der Waals surface area contributed by atoms with Gasteiger partial charge < -0.3 is 10.5 Å². The van der Waals surface area contributed by atoms with Gasteiger partial charge in [-0.25, -0.2) is 8.42 Å². The minimum atomic E-state index is -3.61. The molecule has 0 aliphatic rings. The van der Waals surface area contributed by atoms with Gasteiger partial charge in [0.15, 0.2) is 0 Å². The molecule has 0 saturated carbocycles. The minimum Gasteiger partial charge on any atom is -0.497 e. The lowest BCUT2D eigenvalue weighted by atomic mass is 10.2. The number of sulfonamides is 1. The van der Waals surface area contributed by atoms with Crippen LogP contribution in [0, 0.1) is 6.92 Å². The number of anilines is 1. The van der Waals surface area contributed by atoms with Gasteiger partial charge in [0, 0.05) is 6.54 Å². The van der Waals surface area contributed by atoms with Crippen molar-refractivity contribution in [1.82, 2.24) is 0 Å². The zero-order valence-electron chi connectivity index (χ0n) is 12.0. The second-order valence-electron chi connectivity index (χ2n) is 4.63. The Morgan fingerprint density at radius 3 is 2.33 bits per heavy atom. The summed E-state index contributed by atoms with van der Waals surface area (Å²) in [6.07, 6.45) is 0. The van der Waals surface area contributed by atoms with Crippen LogP contribution in [0.5, 0.6) is 5.75 Å². The third-order valence-electron chi connectivity index (χ3n) is 3.15. The summed E-state index contributed by atoms with van der Waals surface area (Å²) in [6.45, 7) is 2.20. The van der Waals surface area contributed by atoms with Crippen LogP contribution in [-0.2, 0) is 16.6 Å². The van der Waals surface area contributed by atoms with Crippen LogP contribution >= 0.6 is 0 Å². The zero-order chi connectivity index (χ0) is 15.5. The highest BCUT2D eigenvalue weighted by atomic mass is 32.2. The number of rotatable bonds is 5. The number of hydrogen-bond donors (Lipinski definition) is 2. The highest BCUT2D eigenvalue weighted by molar-refractivity contribution is 7.92. The fourth-order valence-corrected chi connectivity index (χ4v) is 3.02. The summed E-state index contributed by atoms with van der Waals surface area (Å²) < 4.78 is 32.3. The van der Waals surface area contributed by atoms with Crippen molar-refractivity contribution >= 4 is 15.7 Å². The molecule has 0 saturated heterocycles. The number of hydrogen-bond acceptors (Lipinski definition) is 4. The van der Waals surface area contributed by atoms with E-state index in [9.17, 15) is 8.42 Å². The first kappa shape index (κ1) is 15.3. The zero-order valence-corrected chi connectivity index (χ0v) is 12.8. The Morgan fingerprint density at radius 2 is 1.81 bits per heavy atom. The van der Waals surface area contributed by atoms with Crippen molar-refractivity contribution < 1.29 is 13.2 Å². The fourth-order valence-electron chi connectivity index (χ4n) is 1.89. The highest BCUT2D eigenvalue weighted by Crippen LogP contribution is 2.24. The van der Waals surface area contributed by atoms with Gasteiger partial charge in [-0.1, -0.05) is 12.1 Å². The lowest BCUT2D eigenvalue weighted by molar-refractivity contribution is 0.414. The van der Waals surface area contributed by atoms with Crippen LogP contribution in [-0.4, -0.2) is 15.5 Å². The largest absolute Gasteiger partial charge is 0.497 e. The Bertz CT molecular complexity index is 725. The van der Waals surface area contributed by atoms with Gasteiger partial charge in [0.25, 0.3) is 10.0 Å². The molecule has 2 rings (SSSR count). The number of benzene rings is 2. The predicted octanol–water partition coefficient (Wildman–Crippen LogP) is 2.26. The Hall–Kier alpha value is -2.05. The molecule has 2 aromatic carbocycles. The summed E-state index contributed by atoms with van der Waals surface area (Å²) in [5.74, 6) is 0.683. The predicted molar refractivity (Wildman–Crippen MR) is 82.9 cm³/mol. The number of ether oxygens (including phenoxy) is 1. The van der Waals surface area contributed by atoms with Crippen molar-refractivity contribution in [2.75, 3.05) is 11.8 Å². The average Bonchev–Trinajstić information content (AvgIpc) is 2.49. The average molecular weight is 306 g/mol. The number of nitrogens with one attached hydrogen (secondary N) is 1. The van der Waals surface area contributed by atoms with Crippen molar-refractivity contribution in [2.24, 2.45) is 5.73 Å². The molecule has 112 valence electrons. The first-order chi connectivity index (χ1) is 9.96. The van der Waals surface area contributed by atoms with Gasteiger partial charge in [-0.3, -0.25) is 4.72 Å². The molecule has 0 aliphatic carbocycles. The first-order valence-electron chi connectivity index (χ1n) is 6.43. The van der Waals surface area contributed by atoms with Crippen LogP contribution in [0.3, 0.4) is 0 Å². The van der Waals surface area contributed by atoms with Crippen LogP contribution in [0.1, 0.15) is 11.1 Å². The van der Waals surface area contributed by atoms with Gasteiger partial charge in [0.05, 0.1) is 17.7 Å². The maximum absolute atomic E-state index is 12.3. The first-order valence-corrected chi connectivity index (χ1v) is 7.91. The van der Waals surface area contributed by atoms with Gasteiger partial charge in [-0.2, -0.15) is 0 Å². The summed E-state index contributed by atoms with van der Waals surface area (Å²) in [7, 11) is -2.04. The Labute approximate surface area is 124 Å². The molecule has 0 aromatic heterocycles. The molecule has 0 heterocycles. The van der Waals surface area contributed by atoms with Gasteiger partial charge >= 0.3 is 0 Å². The van der Waals surface area contributed by atoms with E-state index in [1.165, 1.54) is 0 Å². The second kappa shape index (κ2) is 6.15. The molecule has 0 bridgehead atoms. The SMILES string of the molecule is COc1ccc(NS(=O)(=O)c2ccc(CN)cc2)c(C)c1. The maximum Gasteiger partial charge on any atom is 0.261 e. The standard InChI is InChI=1S/C15H18N2O3S/c1-11-9-13(20-2)5-8-15(11)17-21(18,19)14-6-3-12(10-16)4-7-14/h3-9,17H,10,16H2,1-2H3. The third kappa shape index (κ3) is 3.53. The van der Waals surface area contributed by atoms with E-state index in [0.717, 1.165) is 11.1 Å². The lowest BCUT2D eigenvalue weighted by Crippen LogP contribution is -2.14. The Morgan fingerprint density at radius 1 is 1.14 bits per heavy atom. The van der Waals surface area contributed by atoms with E-state index in [0.29, 0.717) is 18.0 Å². The Balaban J connectivity index is 2.28. The number of methoxy groups -OCH3 is 1. The topological polar surface area (TPSA) is 81.4 Å². The molecule has 3 N–H and O–H groups in total. The molecule has 0 aliphatic heterocycles. The van der Waals surface area contributed by atoms with Gasteiger partial charge in [0.1, 0.15) is 5.75 Å². The van der Waals surface area contributed by atoms with Crippen molar-refractivity contribution in [3.05, 3.63) is 53.6 Å². The molecule has 0 amide bonds. The third-order valence-corrected chi connectivity index (χ3v) is 4.53. The summed E-state index contributed by atoms with van der Waals surface area (Å²) >= 11 is 0. The van der Waals surface area contributed by atoms with Gasteiger partial charge in [-0.15, -0.1) is 0 Å². The van der Waals surface area contributed by atoms with E-state index in [1.807, 2.05) is 6.92 Å². The van der Waals surface area contributed by atoms with Crippen molar-refractivity contribution in [3.8, 4) is 5.75 Å². The molecular formula is C15H18N2O3S. The lowest BCUT2D eigenvalue weighted by Gasteiger charge is -2.12. The summed E-state index contributed by atoms with van der Waals surface area (Å²) in [5, 5.41) is 0. The molecule has 0 spiro atoms. The van der Waals surface area contributed by atoms with E-state index < -0.39 is 10.0 Å². The minimum absolute atomic E-state index is 0.204. The van der Waals surface area contributed by atoms with E-state index in [-0.39, 0.29) is 4.90 Å². The molecule has 0 radical (unpaired) electrons. The quantitative estimate of drug-likeness (QED) is 0.888. The van der Waals surface area contributed by atoms with Gasteiger partial charge in [0.2, 0.25) is 0 Å². The molecule has 2 aromatic rings. The maximum atomic E-state index is 12.3. The molecule has 6 heteroatoms. The summed E-state index contributed by atoms with van der Waals surface area (Å²) in [5.41, 5.74) is 7.70. The van der Waals surface area contributed by atoms with Crippen molar-refractivity contribution in [2.45, 2.75) is 18.4 Å². The molecule has 0 fully saturated rings. The van der Waals surface area contributed by atoms with Crippen LogP contribution in [0.15, 0.2) is 47.4 Å². The molecule has 21 heavy (non-hydrogen) atoms. The summed E-state index contributed by atoms with van der Waals surface area (Å²) in [6, 6.07) is 11.7. The van der Waals surface area contributed by atoms with Crippen molar-refractivity contribution in [1.29, 1.82) is 0 Å². The van der Waals surface area contributed by atoms with Crippen molar-refractivity contribution in [3.63, 3.8) is 0 Å². The molecule has 0 unspecified atom stereocenters. The van der Waals surface area contributed by atoms with Crippen LogP contribution in [0.2, 0.25) is 0 Å². The molecular weight excluding hydrogens is 288 g/mol. The second-order valence-corrected chi connectivity index (χ2v) is 6.32. The smallest absolute Gasteiger partial charge is 0.261 e. The van der Waals surface area contributed by atoms with Crippen LogP contribution < -0.4 is 15.2 Å². The van der Waals surface area contributed by atoms with Crippen LogP contribution in [0.4, 0.5) is 5.69 Å². The van der Waals surface area contributed by atoms with E-state index in [1.54, 1.807) is 49.6 Å². The monoisotopic (exact) mass is 306 g/mol. The van der Waals surface area contributed by atoms with E-state index in [2.05, 4.69) is 4.72 Å². The van der Waals surface area contributed by atoms with Gasteiger partial charge in [-0.05, 0) is 48.4 Å². The summed E-state index contributed by atoms with van der Waals surface area (Å²) in [4.78, 5) is 0.204. The molecule has 0 atom stereocenters. The van der Waals surface area contributed by atoms with Crippen LogP contribution in [0.25, 0.3) is 0 Å². The van der Waals surface area contributed by atoms with E-state index in [4.69, 9.17) is 10.5 Å². The number of nitrogens with two attached hydrogens (primary N) is 1. The number of aryl methyl sites for hydroxylation is 1. The Kier molecular flexibility index (Phi) is 4.50. The fraction of sp³-hybridized carbons (Fsp3) is 0.200. The van der Waals surface area contributed by atoms with E-state index >= 15 is 0 Å². The molecule has 5 nitrogen and oxygen atoms in total. The highest BCUT2D eigenvalue weighted by Gasteiger charge is 2.15.